The molecule has 1 amide bonds. The van der Waals surface area contributed by atoms with Gasteiger partial charge >= 0.3 is 0 Å². The lowest BCUT2D eigenvalue weighted by Crippen LogP contribution is -2.20. The average molecular weight is 375 g/mol. The Hall–Kier alpha value is -2.18. The summed E-state index contributed by atoms with van der Waals surface area (Å²) in [6.07, 6.45) is 3.61. The van der Waals surface area contributed by atoms with Crippen molar-refractivity contribution in [1.29, 1.82) is 0 Å². The van der Waals surface area contributed by atoms with Gasteiger partial charge in [-0.3, -0.25) is 4.79 Å². The lowest BCUT2D eigenvalue weighted by atomic mass is 10.0. The topological polar surface area (TPSA) is 75.3 Å². The Bertz CT molecular complexity index is 859. The first kappa shape index (κ1) is 20.1. The highest BCUT2D eigenvalue weighted by atomic mass is 32.2. The highest BCUT2D eigenvalue weighted by Gasteiger charge is 2.15. The SMILES string of the molecule is CCCCc1ccc(CC(=O)Nc2ccc(C)c(S(=O)(=O)NC)c2)cc1. The van der Waals surface area contributed by atoms with E-state index >= 15 is 0 Å². The van der Waals surface area contributed by atoms with Crippen molar-refractivity contribution in [3.63, 3.8) is 0 Å². The van der Waals surface area contributed by atoms with Gasteiger partial charge in [-0.25, -0.2) is 13.1 Å². The average Bonchev–Trinajstić information content (AvgIpc) is 2.62. The van der Waals surface area contributed by atoms with Crippen LogP contribution in [0.1, 0.15) is 36.5 Å². The van der Waals surface area contributed by atoms with Gasteiger partial charge in [0.2, 0.25) is 15.9 Å². The second-order valence-electron chi connectivity index (χ2n) is 6.33. The van der Waals surface area contributed by atoms with E-state index in [4.69, 9.17) is 0 Å². The molecule has 0 fully saturated rings. The van der Waals surface area contributed by atoms with Crippen LogP contribution in [0.25, 0.3) is 0 Å². The number of anilines is 1. The predicted molar refractivity (Wildman–Crippen MR) is 105 cm³/mol. The number of sulfonamides is 1. The third-order valence-electron chi connectivity index (χ3n) is 4.24. The number of rotatable bonds is 8. The minimum atomic E-state index is -3.56. The predicted octanol–water partition coefficient (Wildman–Crippen LogP) is 3.43. The summed E-state index contributed by atoms with van der Waals surface area (Å²) in [6.45, 7) is 3.88. The monoisotopic (exact) mass is 374 g/mol. The van der Waals surface area contributed by atoms with Gasteiger partial charge in [0, 0.05) is 5.69 Å². The van der Waals surface area contributed by atoms with E-state index in [1.54, 1.807) is 19.1 Å². The van der Waals surface area contributed by atoms with Gasteiger partial charge in [-0.15, -0.1) is 0 Å². The van der Waals surface area contributed by atoms with Crippen molar-refractivity contribution >= 4 is 21.6 Å². The molecule has 0 bridgehead atoms. The maximum Gasteiger partial charge on any atom is 0.240 e. The Labute approximate surface area is 155 Å². The van der Waals surface area contributed by atoms with Crippen LogP contribution in [0.5, 0.6) is 0 Å². The van der Waals surface area contributed by atoms with Gasteiger partial charge in [-0.1, -0.05) is 43.7 Å². The quantitative estimate of drug-likeness (QED) is 0.743. The summed E-state index contributed by atoms with van der Waals surface area (Å²) in [5.41, 5.74) is 3.29. The largest absolute Gasteiger partial charge is 0.326 e. The molecule has 2 aromatic carbocycles. The molecular formula is C20H26N2O3S. The zero-order chi connectivity index (χ0) is 19.2. The molecule has 2 aromatic rings. The number of benzene rings is 2. The summed E-state index contributed by atoms with van der Waals surface area (Å²) >= 11 is 0. The zero-order valence-electron chi connectivity index (χ0n) is 15.5. The van der Waals surface area contributed by atoms with Crippen LogP contribution in [0, 0.1) is 6.92 Å². The molecule has 0 spiro atoms. The Balaban J connectivity index is 2.05. The van der Waals surface area contributed by atoms with Crippen molar-refractivity contribution in [2.45, 2.75) is 44.4 Å². The first-order valence-corrected chi connectivity index (χ1v) is 10.3. The lowest BCUT2D eigenvalue weighted by Gasteiger charge is -2.10. The van der Waals surface area contributed by atoms with Crippen molar-refractivity contribution in [2.24, 2.45) is 0 Å². The number of unbranched alkanes of at least 4 members (excludes halogenated alkanes) is 1. The van der Waals surface area contributed by atoms with Gasteiger partial charge in [0.25, 0.3) is 0 Å². The molecule has 2 N–H and O–H groups in total. The van der Waals surface area contributed by atoms with Gasteiger partial charge in [0.05, 0.1) is 11.3 Å². The summed E-state index contributed by atoms with van der Waals surface area (Å²) in [5, 5.41) is 2.77. The van der Waals surface area contributed by atoms with E-state index in [1.807, 2.05) is 12.1 Å². The minimum Gasteiger partial charge on any atom is -0.326 e. The molecule has 0 aliphatic heterocycles. The van der Waals surface area contributed by atoms with E-state index in [1.165, 1.54) is 18.7 Å². The number of carbonyl (C=O) groups is 1. The second-order valence-corrected chi connectivity index (χ2v) is 8.19. The molecule has 5 nitrogen and oxygen atoms in total. The first-order chi connectivity index (χ1) is 12.4. The Morgan fingerprint density at radius 1 is 1.04 bits per heavy atom. The van der Waals surface area contributed by atoms with E-state index in [9.17, 15) is 13.2 Å². The van der Waals surface area contributed by atoms with Gasteiger partial charge in [0.15, 0.2) is 0 Å². The lowest BCUT2D eigenvalue weighted by molar-refractivity contribution is -0.115. The Morgan fingerprint density at radius 3 is 2.31 bits per heavy atom. The van der Waals surface area contributed by atoms with Crippen LogP contribution >= 0.6 is 0 Å². The van der Waals surface area contributed by atoms with E-state index in [0.717, 1.165) is 24.8 Å². The number of nitrogens with one attached hydrogen (secondary N) is 2. The number of aryl methyl sites for hydroxylation is 2. The van der Waals surface area contributed by atoms with Gasteiger partial charge in [0.1, 0.15) is 0 Å². The van der Waals surface area contributed by atoms with Gasteiger partial charge in [-0.2, -0.15) is 0 Å². The van der Waals surface area contributed by atoms with E-state index in [-0.39, 0.29) is 17.2 Å². The fourth-order valence-electron chi connectivity index (χ4n) is 2.67. The van der Waals surface area contributed by atoms with Crippen LogP contribution in [-0.4, -0.2) is 21.4 Å². The van der Waals surface area contributed by atoms with Gasteiger partial charge < -0.3 is 5.32 Å². The summed E-state index contributed by atoms with van der Waals surface area (Å²) < 4.78 is 26.4. The molecule has 0 saturated heterocycles. The van der Waals surface area contributed by atoms with Gasteiger partial charge in [-0.05, 0) is 55.6 Å². The van der Waals surface area contributed by atoms with Crippen LogP contribution in [0.15, 0.2) is 47.4 Å². The summed E-state index contributed by atoms with van der Waals surface area (Å²) in [7, 11) is -2.19. The first-order valence-electron chi connectivity index (χ1n) is 8.77. The third kappa shape index (κ3) is 5.41. The number of hydrogen-bond donors (Lipinski definition) is 2. The van der Waals surface area contributed by atoms with E-state index in [2.05, 4.69) is 29.1 Å². The van der Waals surface area contributed by atoms with Crippen LogP contribution in [0.4, 0.5) is 5.69 Å². The fraction of sp³-hybridized carbons (Fsp3) is 0.350. The van der Waals surface area contributed by atoms with Crippen molar-refractivity contribution in [1.82, 2.24) is 4.72 Å². The standard InChI is InChI=1S/C20H26N2O3S/c1-4-5-6-16-8-10-17(11-9-16)13-20(23)22-18-12-7-15(2)19(14-18)26(24,25)21-3/h7-12,14,21H,4-6,13H2,1-3H3,(H,22,23). The van der Waals surface area contributed by atoms with Crippen molar-refractivity contribution in [3.05, 3.63) is 59.2 Å². The maximum absolute atomic E-state index is 12.3. The van der Waals surface area contributed by atoms with E-state index < -0.39 is 10.0 Å². The van der Waals surface area contributed by atoms with Crippen LogP contribution < -0.4 is 10.0 Å². The molecule has 140 valence electrons. The zero-order valence-corrected chi connectivity index (χ0v) is 16.3. The minimum absolute atomic E-state index is 0.165. The number of hydrogen-bond acceptors (Lipinski definition) is 3. The van der Waals surface area contributed by atoms with Crippen LogP contribution in [-0.2, 0) is 27.7 Å². The highest BCUT2D eigenvalue weighted by molar-refractivity contribution is 7.89. The van der Waals surface area contributed by atoms with Crippen LogP contribution in [0.2, 0.25) is 0 Å². The number of amides is 1. The maximum atomic E-state index is 12.3. The molecule has 0 unspecified atom stereocenters. The molecule has 26 heavy (non-hydrogen) atoms. The summed E-state index contributed by atoms with van der Waals surface area (Å²) in [6, 6.07) is 12.9. The van der Waals surface area contributed by atoms with Crippen molar-refractivity contribution < 1.29 is 13.2 Å². The molecule has 0 aliphatic carbocycles. The smallest absolute Gasteiger partial charge is 0.240 e. The fourth-order valence-corrected chi connectivity index (χ4v) is 3.67. The summed E-state index contributed by atoms with van der Waals surface area (Å²) in [4.78, 5) is 12.4. The molecule has 0 heterocycles. The highest BCUT2D eigenvalue weighted by Crippen LogP contribution is 2.20. The molecular weight excluding hydrogens is 348 g/mol. The Kier molecular flexibility index (Phi) is 6.94. The third-order valence-corrected chi connectivity index (χ3v) is 5.79. The van der Waals surface area contributed by atoms with Crippen molar-refractivity contribution in [3.8, 4) is 0 Å². The summed E-state index contributed by atoms with van der Waals surface area (Å²) in [5.74, 6) is -0.178. The van der Waals surface area contributed by atoms with E-state index in [0.29, 0.717) is 11.3 Å². The molecule has 0 aliphatic rings. The Morgan fingerprint density at radius 2 is 1.69 bits per heavy atom. The number of carbonyl (C=O) groups excluding carboxylic acids is 1. The normalized spacial score (nSPS) is 11.3. The molecule has 0 aromatic heterocycles. The molecule has 6 heteroatoms. The van der Waals surface area contributed by atoms with Crippen molar-refractivity contribution in [2.75, 3.05) is 12.4 Å². The molecule has 0 atom stereocenters. The molecule has 2 rings (SSSR count). The molecule has 0 radical (unpaired) electrons. The molecule has 0 saturated carbocycles. The van der Waals surface area contributed by atoms with Crippen LogP contribution in [0.3, 0.4) is 0 Å². The second kappa shape index (κ2) is 8.96.